The first-order valence-corrected chi connectivity index (χ1v) is 11.5. The second-order valence-corrected chi connectivity index (χ2v) is 8.58. The molecule has 0 fully saturated rings. The van der Waals surface area contributed by atoms with E-state index in [1.165, 1.54) is 0 Å². The SMILES string of the molecule is CCOC(=O)c1[nH]c2cc(Cl)ccc2c1-n1c(Cc2ccc(Cl)cc2)nnc1-c1ccccc1. The number of aromatic nitrogens is 4. The van der Waals surface area contributed by atoms with Crippen molar-refractivity contribution in [3.8, 4) is 17.1 Å². The zero-order chi connectivity index (χ0) is 23.7. The van der Waals surface area contributed by atoms with Crippen LogP contribution < -0.4 is 0 Å². The molecule has 0 saturated carbocycles. The molecule has 0 aliphatic heterocycles. The number of benzene rings is 3. The van der Waals surface area contributed by atoms with E-state index in [9.17, 15) is 4.79 Å². The number of H-pyrrole nitrogens is 1. The van der Waals surface area contributed by atoms with E-state index in [0.29, 0.717) is 39.5 Å². The maximum atomic E-state index is 13.0. The third-order valence-electron chi connectivity index (χ3n) is 5.47. The number of hydrogen-bond donors (Lipinski definition) is 1. The molecular weight excluding hydrogens is 471 g/mol. The van der Waals surface area contributed by atoms with E-state index >= 15 is 0 Å². The summed E-state index contributed by atoms with van der Waals surface area (Å²) in [5.41, 5.74) is 3.54. The predicted molar refractivity (Wildman–Crippen MR) is 134 cm³/mol. The van der Waals surface area contributed by atoms with E-state index in [1.54, 1.807) is 19.1 Å². The van der Waals surface area contributed by atoms with E-state index < -0.39 is 5.97 Å². The number of fused-ring (bicyclic) bond motifs is 1. The Kier molecular flexibility index (Phi) is 6.09. The van der Waals surface area contributed by atoms with Crippen LogP contribution in [0, 0.1) is 0 Å². The van der Waals surface area contributed by atoms with Crippen LogP contribution >= 0.6 is 23.2 Å². The lowest BCUT2D eigenvalue weighted by Gasteiger charge is -2.12. The van der Waals surface area contributed by atoms with Crippen molar-refractivity contribution in [3.63, 3.8) is 0 Å². The minimum Gasteiger partial charge on any atom is -0.461 e. The molecule has 0 atom stereocenters. The molecule has 6 nitrogen and oxygen atoms in total. The van der Waals surface area contributed by atoms with E-state index in [-0.39, 0.29) is 6.61 Å². The average Bonchev–Trinajstić information content (AvgIpc) is 3.41. The molecular formula is C26H20Cl2N4O2. The number of rotatable bonds is 6. The number of carbonyl (C=O) groups excluding carboxylic acids is 1. The summed E-state index contributed by atoms with van der Waals surface area (Å²) in [4.78, 5) is 16.2. The van der Waals surface area contributed by atoms with Crippen LogP contribution in [0.3, 0.4) is 0 Å². The fourth-order valence-electron chi connectivity index (χ4n) is 3.96. The highest BCUT2D eigenvalue weighted by Gasteiger charge is 2.26. The fraction of sp³-hybridized carbons (Fsp3) is 0.115. The molecule has 1 N–H and O–H groups in total. The first-order valence-electron chi connectivity index (χ1n) is 10.8. The molecule has 5 rings (SSSR count). The highest BCUT2D eigenvalue weighted by atomic mass is 35.5. The molecule has 170 valence electrons. The molecule has 8 heteroatoms. The second kappa shape index (κ2) is 9.33. The minimum atomic E-state index is -0.463. The topological polar surface area (TPSA) is 72.8 Å². The van der Waals surface area contributed by atoms with Crippen molar-refractivity contribution in [2.45, 2.75) is 13.3 Å². The van der Waals surface area contributed by atoms with Gasteiger partial charge < -0.3 is 9.72 Å². The van der Waals surface area contributed by atoms with Crippen molar-refractivity contribution in [2.24, 2.45) is 0 Å². The van der Waals surface area contributed by atoms with Crippen LogP contribution in [-0.4, -0.2) is 32.3 Å². The van der Waals surface area contributed by atoms with E-state index in [1.807, 2.05) is 65.2 Å². The number of esters is 1. The summed E-state index contributed by atoms with van der Waals surface area (Å²) in [6.45, 7) is 2.02. The van der Waals surface area contributed by atoms with Crippen LogP contribution in [0.1, 0.15) is 28.8 Å². The molecule has 5 aromatic rings. The summed E-state index contributed by atoms with van der Waals surface area (Å²) in [5.74, 6) is 0.823. The van der Waals surface area contributed by atoms with Crippen LogP contribution in [0.15, 0.2) is 72.8 Å². The molecule has 34 heavy (non-hydrogen) atoms. The lowest BCUT2D eigenvalue weighted by atomic mass is 10.1. The van der Waals surface area contributed by atoms with Gasteiger partial charge >= 0.3 is 5.97 Å². The number of hydrogen-bond acceptors (Lipinski definition) is 4. The van der Waals surface area contributed by atoms with E-state index in [0.717, 1.165) is 22.0 Å². The molecule has 0 saturated heterocycles. The van der Waals surface area contributed by atoms with Gasteiger partial charge in [-0.2, -0.15) is 0 Å². The fourth-order valence-corrected chi connectivity index (χ4v) is 4.26. The van der Waals surface area contributed by atoms with E-state index in [2.05, 4.69) is 15.2 Å². The van der Waals surface area contributed by atoms with Gasteiger partial charge in [0, 0.05) is 32.9 Å². The van der Waals surface area contributed by atoms with Gasteiger partial charge in [0.1, 0.15) is 5.82 Å². The number of halogens is 2. The molecule has 3 aromatic carbocycles. The van der Waals surface area contributed by atoms with Crippen LogP contribution in [0.25, 0.3) is 28.0 Å². The highest BCUT2D eigenvalue weighted by molar-refractivity contribution is 6.31. The van der Waals surface area contributed by atoms with Crippen LogP contribution in [0.5, 0.6) is 0 Å². The molecule has 0 unspecified atom stereocenters. The van der Waals surface area contributed by atoms with Crippen LogP contribution in [-0.2, 0) is 11.2 Å². The Morgan fingerprint density at radius 3 is 2.44 bits per heavy atom. The number of aromatic amines is 1. The Morgan fingerprint density at radius 1 is 0.971 bits per heavy atom. The standard InChI is InChI=1S/C26H20Cl2N4O2/c1-2-34-26(33)23-24(20-13-12-19(28)15-21(20)29-23)32-22(14-16-8-10-18(27)11-9-16)30-31-25(32)17-6-4-3-5-7-17/h3-13,15,29H,2,14H2,1H3. The number of carbonyl (C=O) groups is 1. The van der Waals surface area contributed by atoms with Gasteiger partial charge in [0.15, 0.2) is 11.5 Å². The normalized spacial score (nSPS) is 11.1. The summed E-state index contributed by atoms with van der Waals surface area (Å²) in [5, 5.41) is 11.1. The number of nitrogens with one attached hydrogen (secondary N) is 1. The summed E-state index contributed by atoms with van der Waals surface area (Å²) in [7, 11) is 0. The number of ether oxygens (including phenoxy) is 1. The van der Waals surface area contributed by atoms with Crippen LogP contribution in [0.4, 0.5) is 0 Å². The van der Waals surface area contributed by atoms with Crippen molar-refractivity contribution in [2.75, 3.05) is 6.61 Å². The zero-order valence-electron chi connectivity index (χ0n) is 18.3. The summed E-state index contributed by atoms with van der Waals surface area (Å²) < 4.78 is 7.29. The van der Waals surface area contributed by atoms with Gasteiger partial charge in [-0.25, -0.2) is 4.79 Å². The third-order valence-corrected chi connectivity index (χ3v) is 5.96. The molecule has 2 aromatic heterocycles. The summed E-state index contributed by atoms with van der Waals surface area (Å²) in [6, 6.07) is 22.8. The monoisotopic (exact) mass is 490 g/mol. The van der Waals surface area contributed by atoms with Gasteiger partial charge in [-0.15, -0.1) is 10.2 Å². The third kappa shape index (κ3) is 4.18. The minimum absolute atomic E-state index is 0.250. The lowest BCUT2D eigenvalue weighted by Crippen LogP contribution is -2.12. The predicted octanol–water partition coefficient (Wildman–Crippen LogP) is 6.49. The maximum Gasteiger partial charge on any atom is 0.356 e. The zero-order valence-corrected chi connectivity index (χ0v) is 19.8. The van der Waals surface area contributed by atoms with Gasteiger partial charge in [0.2, 0.25) is 0 Å². The highest BCUT2D eigenvalue weighted by Crippen LogP contribution is 2.33. The smallest absolute Gasteiger partial charge is 0.356 e. The molecule has 2 heterocycles. The van der Waals surface area contributed by atoms with Gasteiger partial charge in [-0.3, -0.25) is 4.57 Å². The van der Waals surface area contributed by atoms with Gasteiger partial charge in [0.25, 0.3) is 0 Å². The van der Waals surface area contributed by atoms with Crippen molar-refractivity contribution in [1.82, 2.24) is 19.7 Å². The quantitative estimate of drug-likeness (QED) is 0.276. The van der Waals surface area contributed by atoms with Crippen LogP contribution in [0.2, 0.25) is 10.0 Å². The van der Waals surface area contributed by atoms with Gasteiger partial charge in [-0.1, -0.05) is 65.7 Å². The molecule has 0 amide bonds. The second-order valence-electron chi connectivity index (χ2n) is 7.70. The maximum absolute atomic E-state index is 13.0. The molecule has 0 aliphatic rings. The Labute approximate surface area is 206 Å². The summed E-state index contributed by atoms with van der Waals surface area (Å²) >= 11 is 12.3. The molecule has 0 spiro atoms. The Balaban J connectivity index is 1.78. The Bertz CT molecular complexity index is 1470. The molecule has 0 aliphatic carbocycles. The average molecular weight is 491 g/mol. The van der Waals surface area contributed by atoms with Crippen molar-refractivity contribution >= 4 is 40.1 Å². The van der Waals surface area contributed by atoms with Crippen molar-refractivity contribution in [1.29, 1.82) is 0 Å². The first kappa shape index (κ1) is 22.2. The van der Waals surface area contributed by atoms with Gasteiger partial charge in [-0.05, 0) is 42.8 Å². The van der Waals surface area contributed by atoms with E-state index in [4.69, 9.17) is 27.9 Å². The van der Waals surface area contributed by atoms with Crippen molar-refractivity contribution in [3.05, 3.63) is 99.9 Å². The largest absolute Gasteiger partial charge is 0.461 e. The van der Waals surface area contributed by atoms with Crippen molar-refractivity contribution < 1.29 is 9.53 Å². The Hall–Kier alpha value is -3.61. The molecule has 0 radical (unpaired) electrons. The lowest BCUT2D eigenvalue weighted by molar-refractivity contribution is 0.0520. The van der Waals surface area contributed by atoms with Gasteiger partial charge in [0.05, 0.1) is 12.3 Å². The summed E-state index contributed by atoms with van der Waals surface area (Å²) in [6.07, 6.45) is 0.486. The number of nitrogens with zero attached hydrogens (tertiary/aromatic N) is 3. The molecule has 0 bridgehead atoms. The first-order chi connectivity index (χ1) is 16.5. The Morgan fingerprint density at radius 2 is 1.71 bits per heavy atom.